The van der Waals surface area contributed by atoms with Gasteiger partial charge >= 0.3 is 5.97 Å². The average molecular weight is 339 g/mol. The lowest BCUT2D eigenvalue weighted by Crippen LogP contribution is -2.48. The summed E-state index contributed by atoms with van der Waals surface area (Å²) in [5.74, 6) is -0.954. The highest BCUT2D eigenvalue weighted by atomic mass is 16.5. The fourth-order valence-electron chi connectivity index (χ4n) is 2.72. The maximum atomic E-state index is 12.0. The van der Waals surface area contributed by atoms with E-state index in [2.05, 4.69) is 17.1 Å². The summed E-state index contributed by atoms with van der Waals surface area (Å²) in [5, 5.41) is 11.5. The maximum Gasteiger partial charge on any atom is 0.371 e. The van der Waals surface area contributed by atoms with Crippen molar-refractivity contribution in [3.05, 3.63) is 23.7 Å². The Morgan fingerprint density at radius 2 is 2.08 bits per heavy atom. The summed E-state index contributed by atoms with van der Waals surface area (Å²) in [4.78, 5) is 27.0. The molecule has 1 amide bonds. The molecule has 1 aromatic heterocycles. The molecular formula is C16H25N3O5. The molecule has 0 aromatic carbocycles. The van der Waals surface area contributed by atoms with E-state index in [-0.39, 0.29) is 24.8 Å². The van der Waals surface area contributed by atoms with Crippen LogP contribution in [0.5, 0.6) is 0 Å². The molecule has 1 aliphatic heterocycles. The minimum atomic E-state index is -1.12. The van der Waals surface area contributed by atoms with Crippen LogP contribution in [0.15, 0.2) is 16.5 Å². The lowest BCUT2D eigenvalue weighted by atomic mass is 10.2. The van der Waals surface area contributed by atoms with Gasteiger partial charge in [-0.05, 0) is 26.1 Å². The number of hydrogen-bond acceptors (Lipinski definition) is 6. The average Bonchev–Trinajstić information content (AvgIpc) is 3.03. The first kappa shape index (κ1) is 18.4. The van der Waals surface area contributed by atoms with Gasteiger partial charge in [0.05, 0.1) is 26.3 Å². The van der Waals surface area contributed by atoms with Crippen molar-refractivity contribution < 1.29 is 23.8 Å². The second-order valence-corrected chi connectivity index (χ2v) is 6.04. The van der Waals surface area contributed by atoms with Crippen LogP contribution in [0.4, 0.5) is 0 Å². The third-order valence-corrected chi connectivity index (χ3v) is 3.99. The zero-order valence-electron chi connectivity index (χ0n) is 14.2. The first-order chi connectivity index (χ1) is 11.5. The quantitative estimate of drug-likeness (QED) is 0.701. The van der Waals surface area contributed by atoms with E-state index in [1.807, 2.05) is 11.9 Å². The number of ether oxygens (including phenoxy) is 1. The van der Waals surface area contributed by atoms with Gasteiger partial charge in [0.25, 0.3) is 0 Å². The van der Waals surface area contributed by atoms with Gasteiger partial charge in [-0.1, -0.05) is 0 Å². The fraction of sp³-hybridized carbons (Fsp3) is 0.625. The van der Waals surface area contributed by atoms with Crippen LogP contribution in [0.2, 0.25) is 0 Å². The standard InChI is InChI=1S/C16H25N3O5/c1-12(19-5-7-23-8-6-19)10-18(2)11-15(20)17-9-13-3-4-14(24-13)16(21)22/h3-4,12H,5-11H2,1-2H3,(H,17,20)(H,21,22). The summed E-state index contributed by atoms with van der Waals surface area (Å²) in [6.07, 6.45) is 0. The zero-order chi connectivity index (χ0) is 17.5. The van der Waals surface area contributed by atoms with E-state index >= 15 is 0 Å². The lowest BCUT2D eigenvalue weighted by molar-refractivity contribution is -0.122. The molecule has 8 heteroatoms. The Morgan fingerprint density at radius 1 is 1.38 bits per heavy atom. The molecule has 0 bridgehead atoms. The van der Waals surface area contributed by atoms with Crippen LogP contribution in [0.1, 0.15) is 23.2 Å². The number of carbonyl (C=O) groups is 2. The highest BCUT2D eigenvalue weighted by Gasteiger charge is 2.19. The normalized spacial score (nSPS) is 17.0. The van der Waals surface area contributed by atoms with E-state index in [0.717, 1.165) is 32.8 Å². The number of rotatable bonds is 8. The lowest BCUT2D eigenvalue weighted by Gasteiger charge is -2.34. The van der Waals surface area contributed by atoms with E-state index in [4.69, 9.17) is 14.3 Å². The monoisotopic (exact) mass is 339 g/mol. The molecule has 24 heavy (non-hydrogen) atoms. The Labute approximate surface area is 141 Å². The van der Waals surface area contributed by atoms with E-state index in [1.54, 1.807) is 6.07 Å². The van der Waals surface area contributed by atoms with Crippen LogP contribution in [0.3, 0.4) is 0 Å². The predicted molar refractivity (Wildman–Crippen MR) is 86.9 cm³/mol. The summed E-state index contributed by atoms with van der Waals surface area (Å²) < 4.78 is 10.4. The molecule has 1 unspecified atom stereocenters. The predicted octanol–water partition coefficient (Wildman–Crippen LogP) is 0.247. The third-order valence-electron chi connectivity index (χ3n) is 3.99. The molecule has 1 fully saturated rings. The second kappa shape index (κ2) is 8.81. The van der Waals surface area contributed by atoms with Crippen LogP contribution in [0, 0.1) is 0 Å². The smallest absolute Gasteiger partial charge is 0.371 e. The summed E-state index contributed by atoms with van der Waals surface area (Å²) >= 11 is 0. The number of hydrogen-bond donors (Lipinski definition) is 2. The minimum absolute atomic E-state index is 0.125. The minimum Gasteiger partial charge on any atom is -0.475 e. The molecule has 0 aliphatic carbocycles. The summed E-state index contributed by atoms with van der Waals surface area (Å²) in [7, 11) is 1.91. The van der Waals surface area contributed by atoms with Crippen LogP contribution in [0.25, 0.3) is 0 Å². The van der Waals surface area contributed by atoms with Crippen molar-refractivity contribution in [3.8, 4) is 0 Å². The molecule has 2 N–H and O–H groups in total. The first-order valence-electron chi connectivity index (χ1n) is 8.04. The molecule has 0 spiro atoms. The van der Waals surface area contributed by atoms with Crippen LogP contribution in [-0.2, 0) is 16.1 Å². The van der Waals surface area contributed by atoms with Gasteiger partial charge < -0.3 is 19.6 Å². The van der Waals surface area contributed by atoms with E-state index in [0.29, 0.717) is 11.8 Å². The summed E-state index contributed by atoms with van der Waals surface area (Å²) in [6, 6.07) is 3.28. The number of likely N-dealkylation sites (N-methyl/N-ethyl adjacent to an activating group) is 1. The molecule has 1 atom stereocenters. The summed E-state index contributed by atoms with van der Waals surface area (Å²) in [6.45, 7) is 6.76. The SMILES string of the molecule is CC(CN(C)CC(=O)NCc1ccc(C(=O)O)o1)N1CCOCC1. The van der Waals surface area contributed by atoms with Crippen molar-refractivity contribution in [1.82, 2.24) is 15.1 Å². The van der Waals surface area contributed by atoms with E-state index in [9.17, 15) is 9.59 Å². The Hall–Kier alpha value is -1.90. The number of carboxylic acid groups (broad SMARTS) is 1. The number of nitrogens with zero attached hydrogens (tertiary/aromatic N) is 2. The Morgan fingerprint density at radius 3 is 2.71 bits per heavy atom. The molecule has 2 heterocycles. The molecule has 8 nitrogen and oxygen atoms in total. The molecule has 1 saturated heterocycles. The Kier molecular flexibility index (Phi) is 6.77. The largest absolute Gasteiger partial charge is 0.475 e. The Balaban J connectivity index is 1.69. The number of furan rings is 1. The van der Waals surface area contributed by atoms with Gasteiger partial charge in [-0.2, -0.15) is 0 Å². The zero-order valence-corrected chi connectivity index (χ0v) is 14.2. The first-order valence-corrected chi connectivity index (χ1v) is 8.04. The van der Waals surface area contributed by atoms with Crippen molar-refractivity contribution in [2.75, 3.05) is 46.4 Å². The van der Waals surface area contributed by atoms with Crippen LogP contribution in [-0.4, -0.2) is 79.3 Å². The molecular weight excluding hydrogens is 314 g/mol. The van der Waals surface area contributed by atoms with Crippen molar-refractivity contribution in [2.45, 2.75) is 19.5 Å². The fourth-order valence-corrected chi connectivity index (χ4v) is 2.72. The third kappa shape index (κ3) is 5.63. The molecule has 134 valence electrons. The highest BCUT2D eigenvalue weighted by molar-refractivity contribution is 5.84. The van der Waals surface area contributed by atoms with Gasteiger partial charge in [0.2, 0.25) is 11.7 Å². The molecule has 0 radical (unpaired) electrons. The summed E-state index contributed by atoms with van der Waals surface area (Å²) in [5.41, 5.74) is 0. The maximum absolute atomic E-state index is 12.0. The molecule has 1 aromatic rings. The van der Waals surface area contributed by atoms with Gasteiger partial charge in [0, 0.05) is 25.7 Å². The molecule has 1 aliphatic rings. The Bertz CT molecular complexity index is 554. The van der Waals surface area contributed by atoms with Crippen molar-refractivity contribution in [3.63, 3.8) is 0 Å². The van der Waals surface area contributed by atoms with E-state index in [1.165, 1.54) is 6.07 Å². The van der Waals surface area contributed by atoms with Gasteiger partial charge in [-0.3, -0.25) is 14.6 Å². The van der Waals surface area contributed by atoms with Crippen molar-refractivity contribution in [2.24, 2.45) is 0 Å². The second-order valence-electron chi connectivity index (χ2n) is 6.04. The van der Waals surface area contributed by atoms with Gasteiger partial charge in [-0.25, -0.2) is 4.79 Å². The number of amides is 1. The van der Waals surface area contributed by atoms with Crippen LogP contribution < -0.4 is 5.32 Å². The van der Waals surface area contributed by atoms with Gasteiger partial charge in [0.1, 0.15) is 5.76 Å². The van der Waals surface area contributed by atoms with Gasteiger partial charge in [0.15, 0.2) is 0 Å². The van der Waals surface area contributed by atoms with Gasteiger partial charge in [-0.15, -0.1) is 0 Å². The molecule has 2 rings (SSSR count). The van der Waals surface area contributed by atoms with Crippen molar-refractivity contribution >= 4 is 11.9 Å². The number of nitrogens with one attached hydrogen (secondary N) is 1. The number of carboxylic acids is 1. The van der Waals surface area contributed by atoms with Crippen LogP contribution >= 0.6 is 0 Å². The topological polar surface area (TPSA) is 95.2 Å². The number of morpholine rings is 1. The highest BCUT2D eigenvalue weighted by Crippen LogP contribution is 2.07. The number of aromatic carboxylic acids is 1. The van der Waals surface area contributed by atoms with Crippen molar-refractivity contribution in [1.29, 1.82) is 0 Å². The van der Waals surface area contributed by atoms with E-state index < -0.39 is 5.97 Å². The number of carbonyl (C=O) groups excluding carboxylic acids is 1. The molecule has 0 saturated carbocycles.